The molecule has 2 aromatic heterocycles. The van der Waals surface area contributed by atoms with Crippen molar-refractivity contribution >= 4 is 11.7 Å². The van der Waals surface area contributed by atoms with E-state index in [1.165, 1.54) is 21.8 Å². The first kappa shape index (κ1) is 21.6. The second kappa shape index (κ2) is 8.13. The van der Waals surface area contributed by atoms with Gasteiger partial charge in [0.25, 0.3) is 5.91 Å². The van der Waals surface area contributed by atoms with Gasteiger partial charge in [-0.1, -0.05) is 0 Å². The van der Waals surface area contributed by atoms with Crippen molar-refractivity contribution in [1.29, 1.82) is 0 Å². The molecule has 0 N–H and O–H groups in total. The predicted molar refractivity (Wildman–Crippen MR) is 107 cm³/mol. The highest BCUT2D eigenvalue weighted by Gasteiger charge is 2.30. The lowest BCUT2D eigenvalue weighted by Gasteiger charge is -2.18. The van der Waals surface area contributed by atoms with Crippen LogP contribution >= 0.6 is 0 Å². The normalized spacial score (nSPS) is 13.2. The lowest BCUT2D eigenvalue weighted by Crippen LogP contribution is -2.22. The Labute approximate surface area is 180 Å². The summed E-state index contributed by atoms with van der Waals surface area (Å²) in [5.74, 6) is -0.493. The summed E-state index contributed by atoms with van der Waals surface area (Å²) in [7, 11) is 3.31. The van der Waals surface area contributed by atoms with Crippen LogP contribution in [0, 0.1) is 5.82 Å². The first-order valence-electron chi connectivity index (χ1n) is 9.60. The van der Waals surface area contributed by atoms with E-state index in [1.807, 2.05) is 4.90 Å². The first-order valence-corrected chi connectivity index (χ1v) is 9.60. The molecule has 0 atom stereocenters. The maximum Gasteiger partial charge on any atom is 0.422 e. The lowest BCUT2D eigenvalue weighted by atomic mass is 10.2. The van der Waals surface area contributed by atoms with Crippen LogP contribution in [0.3, 0.4) is 0 Å². The van der Waals surface area contributed by atoms with Crippen LogP contribution in [-0.4, -0.2) is 52.5 Å². The zero-order valence-corrected chi connectivity index (χ0v) is 17.2. The zero-order chi connectivity index (χ0) is 23.0. The van der Waals surface area contributed by atoms with Crippen molar-refractivity contribution in [3.8, 4) is 11.4 Å². The Kier molecular flexibility index (Phi) is 5.49. The summed E-state index contributed by atoms with van der Waals surface area (Å²) in [5.41, 5.74) is 2.24. The van der Waals surface area contributed by atoms with Crippen LogP contribution in [0.25, 0.3) is 5.69 Å². The quantitative estimate of drug-likeness (QED) is 0.558. The van der Waals surface area contributed by atoms with Crippen LogP contribution in [0.4, 0.5) is 23.4 Å². The number of amides is 1. The van der Waals surface area contributed by atoms with Crippen LogP contribution in [0.1, 0.15) is 21.6 Å². The Hall–Kier alpha value is -3.63. The number of alkyl halides is 3. The van der Waals surface area contributed by atoms with Crippen LogP contribution in [0.2, 0.25) is 0 Å². The number of carbonyl (C=O) groups is 1. The van der Waals surface area contributed by atoms with Gasteiger partial charge in [0.1, 0.15) is 23.1 Å². The van der Waals surface area contributed by atoms with E-state index in [0.29, 0.717) is 24.5 Å². The summed E-state index contributed by atoms with van der Waals surface area (Å²) < 4.78 is 57.8. The van der Waals surface area contributed by atoms with Gasteiger partial charge in [-0.05, 0) is 24.3 Å². The predicted octanol–water partition coefficient (Wildman–Crippen LogP) is 3.57. The minimum Gasteiger partial charge on any atom is -0.482 e. The summed E-state index contributed by atoms with van der Waals surface area (Å²) in [6, 6.07) is 6.79. The molecule has 1 aromatic carbocycles. The summed E-state index contributed by atoms with van der Waals surface area (Å²) in [4.78, 5) is 19.8. The molecule has 4 rings (SSSR count). The van der Waals surface area contributed by atoms with Crippen LogP contribution in [0.5, 0.6) is 5.75 Å². The molecule has 0 bridgehead atoms. The van der Waals surface area contributed by atoms with Gasteiger partial charge in [-0.25, -0.2) is 14.1 Å². The molecule has 0 fully saturated rings. The van der Waals surface area contributed by atoms with Gasteiger partial charge in [0.2, 0.25) is 0 Å². The van der Waals surface area contributed by atoms with Crippen molar-refractivity contribution in [3.05, 3.63) is 65.4 Å². The highest BCUT2D eigenvalue weighted by atomic mass is 19.4. The number of fused-ring (bicyclic) bond motifs is 1. The molecule has 1 aliphatic rings. The van der Waals surface area contributed by atoms with Crippen molar-refractivity contribution in [1.82, 2.24) is 19.7 Å². The average molecular weight is 449 g/mol. The van der Waals surface area contributed by atoms with Crippen LogP contribution in [0.15, 0.2) is 42.7 Å². The van der Waals surface area contributed by atoms with Gasteiger partial charge in [0.05, 0.1) is 24.0 Å². The Morgan fingerprint density at radius 2 is 1.94 bits per heavy atom. The average Bonchev–Trinajstić information content (AvgIpc) is 3.32. The monoisotopic (exact) mass is 449 g/mol. The number of anilines is 1. The molecular weight excluding hydrogens is 430 g/mol. The Balaban J connectivity index is 1.58. The molecule has 32 heavy (non-hydrogen) atoms. The van der Waals surface area contributed by atoms with Crippen LogP contribution < -0.4 is 9.64 Å². The molecule has 0 saturated heterocycles. The van der Waals surface area contributed by atoms with Crippen molar-refractivity contribution in [2.75, 3.05) is 25.6 Å². The number of pyridine rings is 1. The summed E-state index contributed by atoms with van der Waals surface area (Å²) in [5, 5.41) is 4.26. The third kappa shape index (κ3) is 4.36. The number of benzene rings is 1. The number of nitrogens with zero attached hydrogens (tertiary/aromatic N) is 5. The minimum absolute atomic E-state index is 0.160. The van der Waals surface area contributed by atoms with E-state index in [4.69, 9.17) is 4.74 Å². The van der Waals surface area contributed by atoms with Gasteiger partial charge >= 0.3 is 6.18 Å². The van der Waals surface area contributed by atoms with Crippen LogP contribution in [-0.2, 0) is 13.1 Å². The Morgan fingerprint density at radius 3 is 2.59 bits per heavy atom. The fourth-order valence-electron chi connectivity index (χ4n) is 3.42. The van der Waals surface area contributed by atoms with E-state index in [1.54, 1.807) is 32.4 Å². The molecular formula is C21H19F4N5O2. The minimum atomic E-state index is -4.56. The molecule has 0 spiro atoms. The fourth-order valence-corrected chi connectivity index (χ4v) is 3.42. The molecule has 1 aliphatic heterocycles. The summed E-state index contributed by atoms with van der Waals surface area (Å²) in [6.07, 6.45) is -1.45. The van der Waals surface area contributed by atoms with E-state index < -0.39 is 18.6 Å². The third-order valence-electron chi connectivity index (χ3n) is 4.92. The second-order valence-electron chi connectivity index (χ2n) is 7.50. The van der Waals surface area contributed by atoms with E-state index in [-0.39, 0.29) is 17.3 Å². The molecule has 0 saturated carbocycles. The maximum absolute atomic E-state index is 13.7. The summed E-state index contributed by atoms with van der Waals surface area (Å²) >= 11 is 0. The topological polar surface area (TPSA) is 63.5 Å². The molecule has 0 radical (unpaired) electrons. The third-order valence-corrected chi connectivity index (χ3v) is 4.92. The highest BCUT2D eigenvalue weighted by Crippen LogP contribution is 2.32. The van der Waals surface area contributed by atoms with Gasteiger partial charge in [0, 0.05) is 38.5 Å². The van der Waals surface area contributed by atoms with Crippen molar-refractivity contribution in [2.24, 2.45) is 0 Å². The number of halogens is 4. The van der Waals surface area contributed by atoms with Crippen molar-refractivity contribution in [2.45, 2.75) is 19.3 Å². The van der Waals surface area contributed by atoms with E-state index in [2.05, 4.69) is 10.1 Å². The van der Waals surface area contributed by atoms with Gasteiger partial charge < -0.3 is 14.5 Å². The van der Waals surface area contributed by atoms with E-state index in [0.717, 1.165) is 23.4 Å². The first-order chi connectivity index (χ1) is 15.1. The lowest BCUT2D eigenvalue weighted by molar-refractivity contribution is -0.153. The molecule has 168 valence electrons. The molecule has 0 aliphatic carbocycles. The maximum atomic E-state index is 13.7. The van der Waals surface area contributed by atoms with Gasteiger partial charge in [-0.3, -0.25) is 4.79 Å². The van der Waals surface area contributed by atoms with Gasteiger partial charge in [-0.15, -0.1) is 0 Å². The van der Waals surface area contributed by atoms with Crippen molar-refractivity contribution < 1.29 is 27.1 Å². The number of aromatic nitrogens is 3. The van der Waals surface area contributed by atoms with Gasteiger partial charge in [0.15, 0.2) is 6.61 Å². The van der Waals surface area contributed by atoms with E-state index in [9.17, 15) is 22.4 Å². The van der Waals surface area contributed by atoms with Crippen molar-refractivity contribution in [3.63, 3.8) is 0 Å². The highest BCUT2D eigenvalue weighted by molar-refractivity contribution is 5.93. The molecule has 3 heterocycles. The number of rotatable bonds is 5. The standard InChI is InChI=1S/C21H19F4N5O2/c1-28(2)20(31)13-3-6-19(26-8-13)29-10-14-9-27-30(17(14)11-29)16-5-4-15(22)7-18(16)32-12-21(23,24)25/h3-9H,10-12H2,1-2H3. The number of ether oxygens (including phenoxy) is 1. The molecule has 11 heteroatoms. The van der Waals surface area contributed by atoms with Gasteiger partial charge in [-0.2, -0.15) is 18.3 Å². The van der Waals surface area contributed by atoms with E-state index >= 15 is 0 Å². The number of carbonyl (C=O) groups excluding carboxylic acids is 1. The molecule has 1 amide bonds. The number of hydrogen-bond donors (Lipinski definition) is 0. The Morgan fingerprint density at radius 1 is 1.16 bits per heavy atom. The molecule has 0 unspecified atom stereocenters. The molecule has 3 aromatic rings. The largest absolute Gasteiger partial charge is 0.482 e. The second-order valence-corrected chi connectivity index (χ2v) is 7.50. The Bertz CT molecular complexity index is 1140. The summed E-state index contributed by atoms with van der Waals surface area (Å²) in [6.45, 7) is -0.691. The molecule has 7 nitrogen and oxygen atoms in total. The SMILES string of the molecule is CN(C)C(=O)c1ccc(N2Cc3cnn(-c4ccc(F)cc4OCC(F)(F)F)c3C2)nc1. The zero-order valence-electron chi connectivity index (χ0n) is 17.2. The number of hydrogen-bond acceptors (Lipinski definition) is 5. The fraction of sp³-hybridized carbons (Fsp3) is 0.286. The smallest absolute Gasteiger partial charge is 0.422 e.